The Morgan fingerprint density at radius 2 is 1.48 bits per heavy atom. The molecule has 1 unspecified atom stereocenters. The van der Waals surface area contributed by atoms with Crippen molar-refractivity contribution in [1.29, 1.82) is 0 Å². The fourth-order valence-electron chi connectivity index (χ4n) is 2.41. The zero-order valence-electron chi connectivity index (χ0n) is 15.5. The van der Waals surface area contributed by atoms with Gasteiger partial charge in [-0.25, -0.2) is 4.39 Å². The van der Waals surface area contributed by atoms with Crippen LogP contribution >= 0.6 is 0 Å². The summed E-state index contributed by atoms with van der Waals surface area (Å²) in [5.41, 5.74) is 1.65. The summed E-state index contributed by atoms with van der Waals surface area (Å²) in [6, 6.07) is 11.6. The smallest absolute Gasteiger partial charge is 0.282 e. The highest BCUT2D eigenvalue weighted by Gasteiger charge is 2.24. The molecule has 2 amide bonds. The van der Waals surface area contributed by atoms with Crippen LogP contribution in [-0.2, 0) is 9.59 Å². The molecule has 0 aliphatic heterocycles. The van der Waals surface area contributed by atoms with E-state index in [1.54, 1.807) is 38.2 Å². The summed E-state index contributed by atoms with van der Waals surface area (Å²) in [6.07, 6.45) is 0. The van der Waals surface area contributed by atoms with Gasteiger partial charge in [-0.2, -0.15) is 0 Å². The van der Waals surface area contributed by atoms with Crippen molar-refractivity contribution in [2.24, 2.45) is 0 Å². The van der Waals surface area contributed by atoms with Crippen LogP contribution in [-0.4, -0.2) is 37.2 Å². The van der Waals surface area contributed by atoms with Crippen LogP contribution in [0.15, 0.2) is 48.5 Å². The molecular weight excluding hydrogens is 349 g/mol. The SMILES string of the molecule is CC(=O)c1ccc(NC(=O)[C@H](C)[NH+](C)CC(=O)Nc2ccc(F)cc2)cc1. The minimum Gasteiger partial charge on any atom is -0.321 e. The van der Waals surface area contributed by atoms with Gasteiger partial charge in [0.2, 0.25) is 0 Å². The number of carbonyl (C=O) groups is 3. The number of rotatable bonds is 7. The fourth-order valence-corrected chi connectivity index (χ4v) is 2.41. The minimum absolute atomic E-state index is 0.0439. The molecule has 2 aromatic carbocycles. The van der Waals surface area contributed by atoms with E-state index in [0.717, 1.165) is 0 Å². The van der Waals surface area contributed by atoms with Crippen LogP contribution in [0.3, 0.4) is 0 Å². The predicted molar refractivity (Wildman–Crippen MR) is 101 cm³/mol. The molecule has 142 valence electrons. The zero-order chi connectivity index (χ0) is 20.0. The van der Waals surface area contributed by atoms with Crippen molar-refractivity contribution in [3.63, 3.8) is 0 Å². The molecule has 0 radical (unpaired) electrons. The molecule has 3 N–H and O–H groups in total. The molecule has 2 atom stereocenters. The topological polar surface area (TPSA) is 79.7 Å². The second-order valence-electron chi connectivity index (χ2n) is 6.42. The van der Waals surface area contributed by atoms with Gasteiger partial charge < -0.3 is 15.5 Å². The van der Waals surface area contributed by atoms with Gasteiger partial charge in [-0.3, -0.25) is 14.4 Å². The average Bonchev–Trinajstić information content (AvgIpc) is 2.63. The molecule has 0 spiro atoms. The lowest BCUT2D eigenvalue weighted by Crippen LogP contribution is -3.14. The lowest BCUT2D eigenvalue weighted by molar-refractivity contribution is -0.885. The van der Waals surface area contributed by atoms with Crippen molar-refractivity contribution in [3.8, 4) is 0 Å². The highest BCUT2D eigenvalue weighted by atomic mass is 19.1. The Morgan fingerprint density at radius 3 is 2.04 bits per heavy atom. The Bertz CT molecular complexity index is 819. The first kappa shape index (κ1) is 20.3. The number of hydrogen-bond donors (Lipinski definition) is 3. The molecule has 2 rings (SSSR count). The molecule has 0 aliphatic rings. The van der Waals surface area contributed by atoms with E-state index in [2.05, 4.69) is 10.6 Å². The van der Waals surface area contributed by atoms with Gasteiger partial charge in [-0.1, -0.05) is 0 Å². The largest absolute Gasteiger partial charge is 0.321 e. The fraction of sp³-hybridized carbons (Fsp3) is 0.250. The molecule has 27 heavy (non-hydrogen) atoms. The van der Waals surface area contributed by atoms with E-state index in [9.17, 15) is 18.8 Å². The van der Waals surface area contributed by atoms with Crippen molar-refractivity contribution in [1.82, 2.24) is 0 Å². The first-order valence-corrected chi connectivity index (χ1v) is 8.56. The number of quaternary nitrogens is 1. The third kappa shape index (κ3) is 6.00. The van der Waals surface area contributed by atoms with E-state index in [1.165, 1.54) is 31.2 Å². The molecule has 0 saturated carbocycles. The number of Topliss-reactive ketones (excluding diaryl/α,β-unsaturated/α-hetero) is 1. The number of anilines is 2. The number of amides is 2. The summed E-state index contributed by atoms with van der Waals surface area (Å²) in [4.78, 5) is 36.5. The standard InChI is InChI=1S/C20H22FN3O3/c1-13(20(27)23-18-8-4-15(5-9-18)14(2)25)24(3)12-19(26)22-17-10-6-16(21)7-11-17/h4-11,13H,12H2,1-3H3,(H,22,26)(H,23,27)/p+1/t13-/m0/s1. The van der Waals surface area contributed by atoms with E-state index in [4.69, 9.17) is 0 Å². The van der Waals surface area contributed by atoms with E-state index < -0.39 is 6.04 Å². The number of benzene rings is 2. The van der Waals surface area contributed by atoms with Gasteiger partial charge in [0.1, 0.15) is 5.82 Å². The van der Waals surface area contributed by atoms with E-state index >= 15 is 0 Å². The first-order valence-electron chi connectivity index (χ1n) is 8.56. The summed E-state index contributed by atoms with van der Waals surface area (Å²) >= 11 is 0. The first-order chi connectivity index (χ1) is 12.8. The van der Waals surface area contributed by atoms with E-state index in [-0.39, 0.29) is 30.0 Å². The van der Waals surface area contributed by atoms with Crippen LogP contribution in [0.4, 0.5) is 15.8 Å². The molecule has 2 aromatic rings. The Labute approximate surface area is 157 Å². The summed E-state index contributed by atoms with van der Waals surface area (Å²) in [7, 11) is 1.74. The third-order valence-corrected chi connectivity index (χ3v) is 4.26. The summed E-state index contributed by atoms with van der Waals surface area (Å²) < 4.78 is 12.9. The van der Waals surface area contributed by atoms with Gasteiger partial charge in [0.25, 0.3) is 11.8 Å². The molecule has 0 heterocycles. The maximum atomic E-state index is 12.9. The molecule has 7 heteroatoms. The van der Waals surface area contributed by atoms with Crippen molar-refractivity contribution in [3.05, 3.63) is 59.9 Å². The number of nitrogens with one attached hydrogen (secondary N) is 3. The lowest BCUT2D eigenvalue weighted by Gasteiger charge is -2.20. The van der Waals surface area contributed by atoms with Gasteiger partial charge in [0, 0.05) is 16.9 Å². The number of halogens is 1. The monoisotopic (exact) mass is 372 g/mol. The van der Waals surface area contributed by atoms with Crippen molar-refractivity contribution >= 4 is 29.0 Å². The summed E-state index contributed by atoms with van der Waals surface area (Å²) in [6.45, 7) is 3.28. The maximum absolute atomic E-state index is 12.9. The van der Waals surface area contributed by atoms with Gasteiger partial charge in [0.15, 0.2) is 18.4 Å². The van der Waals surface area contributed by atoms with Crippen molar-refractivity contribution in [2.75, 3.05) is 24.2 Å². The van der Waals surface area contributed by atoms with Crippen LogP contribution in [0.2, 0.25) is 0 Å². The minimum atomic E-state index is -0.476. The van der Waals surface area contributed by atoms with Gasteiger partial charge in [0.05, 0.1) is 7.05 Å². The normalized spacial score (nSPS) is 12.7. The van der Waals surface area contributed by atoms with Crippen molar-refractivity contribution < 1.29 is 23.7 Å². The van der Waals surface area contributed by atoms with Gasteiger partial charge in [-0.15, -0.1) is 0 Å². The van der Waals surface area contributed by atoms with E-state index in [1.807, 2.05) is 0 Å². The second-order valence-corrected chi connectivity index (χ2v) is 6.42. The van der Waals surface area contributed by atoms with Gasteiger partial charge in [-0.05, 0) is 62.4 Å². The number of carbonyl (C=O) groups excluding carboxylic acids is 3. The Morgan fingerprint density at radius 1 is 0.963 bits per heavy atom. The van der Waals surface area contributed by atoms with Crippen molar-refractivity contribution in [2.45, 2.75) is 19.9 Å². The van der Waals surface area contributed by atoms with Crippen LogP contribution in [0.1, 0.15) is 24.2 Å². The molecular formula is C20H23FN3O3+. The highest BCUT2D eigenvalue weighted by Crippen LogP contribution is 2.10. The van der Waals surface area contributed by atoms with Gasteiger partial charge >= 0.3 is 0 Å². The zero-order valence-corrected chi connectivity index (χ0v) is 15.5. The molecule has 6 nitrogen and oxygen atoms in total. The second kappa shape index (κ2) is 9.05. The van der Waals surface area contributed by atoms with Crippen LogP contribution in [0.25, 0.3) is 0 Å². The Hall–Kier alpha value is -3.06. The molecule has 0 aliphatic carbocycles. The van der Waals surface area contributed by atoms with Crippen LogP contribution in [0.5, 0.6) is 0 Å². The van der Waals surface area contributed by atoms with E-state index in [0.29, 0.717) is 21.8 Å². The summed E-state index contributed by atoms with van der Waals surface area (Å²) in [5, 5.41) is 5.44. The Balaban J connectivity index is 1.88. The Kier molecular flexibility index (Phi) is 6.79. The maximum Gasteiger partial charge on any atom is 0.282 e. The average molecular weight is 372 g/mol. The quantitative estimate of drug-likeness (QED) is 0.645. The molecule has 0 bridgehead atoms. The predicted octanol–water partition coefficient (Wildman–Crippen LogP) is 1.51. The number of hydrogen-bond acceptors (Lipinski definition) is 3. The number of likely N-dealkylation sites (N-methyl/N-ethyl adjacent to an activating group) is 1. The number of ketones is 1. The lowest BCUT2D eigenvalue weighted by atomic mass is 10.1. The molecule has 0 fully saturated rings. The summed E-state index contributed by atoms with van der Waals surface area (Å²) in [5.74, 6) is -0.933. The highest BCUT2D eigenvalue weighted by molar-refractivity contribution is 5.96. The van der Waals surface area contributed by atoms with Crippen LogP contribution < -0.4 is 15.5 Å². The third-order valence-electron chi connectivity index (χ3n) is 4.26. The van der Waals surface area contributed by atoms with Crippen LogP contribution in [0, 0.1) is 5.82 Å². The molecule has 0 saturated heterocycles. The molecule has 0 aromatic heterocycles.